The van der Waals surface area contributed by atoms with Gasteiger partial charge in [0.1, 0.15) is 0 Å². The van der Waals surface area contributed by atoms with Crippen LogP contribution >= 0.6 is 11.6 Å². The standard InChI is InChI=1S/C20H18ClF3N4O2/c1-11-9-14(17-12(2)26-30-18(17)25-11)19(29)28-7-5-27(6-8-28)16-4-3-13(10-15(16)21)20(22,23)24/h3-4,9-10H,5-8H2,1-2H3. The molecule has 0 saturated carbocycles. The molecule has 1 aromatic carbocycles. The third-order valence-corrected chi connectivity index (χ3v) is 5.46. The van der Waals surface area contributed by atoms with Crippen molar-refractivity contribution >= 4 is 34.3 Å². The van der Waals surface area contributed by atoms with E-state index in [0.29, 0.717) is 59.9 Å². The molecule has 4 rings (SSSR count). The van der Waals surface area contributed by atoms with Crippen LogP contribution in [-0.4, -0.2) is 47.1 Å². The number of aryl methyl sites for hydroxylation is 2. The Balaban J connectivity index is 1.52. The van der Waals surface area contributed by atoms with Crippen LogP contribution in [-0.2, 0) is 6.18 Å². The molecule has 1 aliphatic heterocycles. The number of hydrogen-bond donors (Lipinski definition) is 0. The molecule has 0 aliphatic carbocycles. The molecule has 0 N–H and O–H groups in total. The number of pyridine rings is 1. The Morgan fingerprint density at radius 3 is 2.47 bits per heavy atom. The molecule has 0 spiro atoms. The predicted molar refractivity (Wildman–Crippen MR) is 106 cm³/mol. The van der Waals surface area contributed by atoms with Gasteiger partial charge in [0, 0.05) is 31.9 Å². The first kappa shape index (κ1) is 20.5. The van der Waals surface area contributed by atoms with Gasteiger partial charge in [-0.1, -0.05) is 16.8 Å². The minimum atomic E-state index is -4.44. The molecule has 2 aromatic heterocycles. The average molecular weight is 439 g/mol. The highest BCUT2D eigenvalue weighted by molar-refractivity contribution is 6.33. The van der Waals surface area contributed by atoms with Crippen LogP contribution in [0.5, 0.6) is 0 Å². The first-order valence-electron chi connectivity index (χ1n) is 9.30. The molecule has 10 heteroatoms. The first-order chi connectivity index (χ1) is 14.1. The minimum absolute atomic E-state index is 0.0381. The van der Waals surface area contributed by atoms with Crippen LogP contribution in [0.25, 0.3) is 11.1 Å². The zero-order valence-corrected chi connectivity index (χ0v) is 17.0. The summed E-state index contributed by atoms with van der Waals surface area (Å²) in [7, 11) is 0. The maximum absolute atomic E-state index is 13.1. The molecule has 0 radical (unpaired) electrons. The summed E-state index contributed by atoms with van der Waals surface area (Å²) in [6.45, 7) is 5.24. The van der Waals surface area contributed by atoms with E-state index in [1.807, 2.05) is 4.90 Å². The van der Waals surface area contributed by atoms with Crippen molar-refractivity contribution in [1.29, 1.82) is 0 Å². The largest absolute Gasteiger partial charge is 0.416 e. The van der Waals surface area contributed by atoms with Gasteiger partial charge in [-0.2, -0.15) is 13.2 Å². The predicted octanol–water partition coefficient (Wildman–Crippen LogP) is 4.47. The van der Waals surface area contributed by atoms with E-state index in [-0.39, 0.29) is 10.9 Å². The molecule has 0 atom stereocenters. The van der Waals surface area contributed by atoms with Gasteiger partial charge in [0.15, 0.2) is 0 Å². The Morgan fingerprint density at radius 1 is 1.13 bits per heavy atom. The quantitative estimate of drug-likeness (QED) is 0.590. The van der Waals surface area contributed by atoms with Crippen LogP contribution in [0.3, 0.4) is 0 Å². The van der Waals surface area contributed by atoms with Crippen molar-refractivity contribution < 1.29 is 22.5 Å². The van der Waals surface area contributed by atoms with E-state index in [9.17, 15) is 18.0 Å². The maximum atomic E-state index is 13.1. The van der Waals surface area contributed by atoms with E-state index >= 15 is 0 Å². The summed E-state index contributed by atoms with van der Waals surface area (Å²) in [5.41, 5.74) is 1.79. The lowest BCUT2D eigenvalue weighted by Crippen LogP contribution is -2.49. The van der Waals surface area contributed by atoms with Gasteiger partial charge in [-0.15, -0.1) is 0 Å². The molecule has 1 aliphatic rings. The molecular weight excluding hydrogens is 421 g/mol. The molecule has 0 bridgehead atoms. The number of alkyl halides is 3. The normalized spacial score (nSPS) is 15.1. The van der Waals surface area contributed by atoms with Crippen molar-refractivity contribution in [3.05, 3.63) is 51.8 Å². The lowest BCUT2D eigenvalue weighted by Gasteiger charge is -2.36. The van der Waals surface area contributed by atoms with Crippen LogP contribution in [0, 0.1) is 13.8 Å². The molecule has 158 valence electrons. The summed E-state index contributed by atoms with van der Waals surface area (Å²) in [5.74, 6) is -0.157. The number of carbonyl (C=O) groups excluding carboxylic acids is 1. The fourth-order valence-electron chi connectivity index (χ4n) is 3.65. The second kappa shape index (κ2) is 7.46. The topological polar surface area (TPSA) is 62.5 Å². The van der Waals surface area contributed by atoms with E-state index in [2.05, 4.69) is 10.1 Å². The lowest BCUT2D eigenvalue weighted by molar-refractivity contribution is -0.137. The van der Waals surface area contributed by atoms with Gasteiger partial charge in [0.25, 0.3) is 11.6 Å². The molecule has 1 amide bonds. The van der Waals surface area contributed by atoms with Crippen LogP contribution in [0.4, 0.5) is 18.9 Å². The van der Waals surface area contributed by atoms with E-state index in [1.54, 1.807) is 24.8 Å². The fourth-order valence-corrected chi connectivity index (χ4v) is 3.95. The molecular formula is C20H18ClF3N4O2. The van der Waals surface area contributed by atoms with Gasteiger partial charge in [-0.3, -0.25) is 4.79 Å². The number of hydrogen-bond acceptors (Lipinski definition) is 5. The van der Waals surface area contributed by atoms with Crippen LogP contribution in [0.1, 0.15) is 27.3 Å². The van der Waals surface area contributed by atoms with Crippen molar-refractivity contribution in [2.24, 2.45) is 0 Å². The van der Waals surface area contributed by atoms with Gasteiger partial charge in [0.2, 0.25) is 0 Å². The number of amides is 1. The van der Waals surface area contributed by atoms with Crippen molar-refractivity contribution in [3.63, 3.8) is 0 Å². The fraction of sp³-hybridized carbons (Fsp3) is 0.350. The summed E-state index contributed by atoms with van der Waals surface area (Å²) in [5, 5.41) is 4.53. The highest BCUT2D eigenvalue weighted by atomic mass is 35.5. The Labute approximate surface area is 175 Å². The second-order valence-corrected chi connectivity index (χ2v) is 7.61. The zero-order chi connectivity index (χ0) is 21.6. The Hall–Kier alpha value is -2.81. The SMILES string of the molecule is Cc1cc(C(=O)N2CCN(c3ccc(C(F)(F)F)cc3Cl)CC2)c2c(C)noc2n1. The summed E-state index contributed by atoms with van der Waals surface area (Å²) in [6.07, 6.45) is -4.44. The van der Waals surface area contributed by atoms with Crippen molar-refractivity contribution in [1.82, 2.24) is 15.0 Å². The minimum Gasteiger partial charge on any atom is -0.367 e. The number of rotatable bonds is 2. The molecule has 1 fully saturated rings. The third-order valence-electron chi connectivity index (χ3n) is 5.16. The number of halogens is 4. The number of aromatic nitrogens is 2. The van der Waals surface area contributed by atoms with E-state index in [4.69, 9.17) is 16.1 Å². The maximum Gasteiger partial charge on any atom is 0.416 e. The first-order valence-corrected chi connectivity index (χ1v) is 9.67. The van der Waals surface area contributed by atoms with E-state index in [1.165, 1.54) is 6.07 Å². The van der Waals surface area contributed by atoms with Crippen molar-refractivity contribution in [2.75, 3.05) is 31.1 Å². The summed E-state index contributed by atoms with van der Waals surface area (Å²) < 4.78 is 43.8. The highest BCUT2D eigenvalue weighted by Crippen LogP contribution is 2.35. The summed E-state index contributed by atoms with van der Waals surface area (Å²) in [6, 6.07) is 5.04. The molecule has 6 nitrogen and oxygen atoms in total. The van der Waals surface area contributed by atoms with E-state index < -0.39 is 11.7 Å². The Morgan fingerprint density at radius 2 is 1.83 bits per heavy atom. The third kappa shape index (κ3) is 3.69. The number of carbonyl (C=O) groups is 1. The smallest absolute Gasteiger partial charge is 0.367 e. The van der Waals surface area contributed by atoms with Crippen LogP contribution < -0.4 is 4.90 Å². The molecule has 3 heterocycles. The Bertz CT molecular complexity index is 1120. The van der Waals surface area contributed by atoms with Gasteiger partial charge >= 0.3 is 6.18 Å². The number of anilines is 1. The number of nitrogens with zero attached hydrogens (tertiary/aromatic N) is 4. The van der Waals surface area contributed by atoms with Crippen molar-refractivity contribution in [2.45, 2.75) is 20.0 Å². The second-order valence-electron chi connectivity index (χ2n) is 7.20. The Kier molecular flexibility index (Phi) is 5.09. The summed E-state index contributed by atoms with van der Waals surface area (Å²) >= 11 is 6.10. The monoisotopic (exact) mass is 438 g/mol. The summed E-state index contributed by atoms with van der Waals surface area (Å²) in [4.78, 5) is 21.0. The van der Waals surface area contributed by atoms with Gasteiger partial charge in [-0.05, 0) is 38.1 Å². The number of benzene rings is 1. The van der Waals surface area contributed by atoms with Crippen molar-refractivity contribution in [3.8, 4) is 0 Å². The zero-order valence-electron chi connectivity index (χ0n) is 16.3. The van der Waals surface area contributed by atoms with Crippen LogP contribution in [0.2, 0.25) is 5.02 Å². The van der Waals surface area contributed by atoms with E-state index in [0.717, 1.165) is 12.1 Å². The van der Waals surface area contributed by atoms with Crippen LogP contribution in [0.15, 0.2) is 28.8 Å². The number of piperazine rings is 1. The number of fused-ring (bicyclic) bond motifs is 1. The van der Waals surface area contributed by atoms with Gasteiger partial charge < -0.3 is 14.3 Å². The average Bonchev–Trinajstić information content (AvgIpc) is 3.07. The van der Waals surface area contributed by atoms with Gasteiger partial charge in [0.05, 0.1) is 32.9 Å². The molecule has 3 aromatic rings. The molecule has 1 saturated heterocycles. The lowest BCUT2D eigenvalue weighted by atomic mass is 10.1. The van der Waals surface area contributed by atoms with Gasteiger partial charge in [-0.25, -0.2) is 4.98 Å². The highest BCUT2D eigenvalue weighted by Gasteiger charge is 2.32. The molecule has 0 unspecified atom stereocenters. The molecule has 30 heavy (non-hydrogen) atoms.